The fraction of sp³-hybridized carbons (Fsp3) is 0.500. The third-order valence-corrected chi connectivity index (χ3v) is 2.24. The molecule has 0 bridgehead atoms. The molecule has 2 heteroatoms. The van der Waals surface area contributed by atoms with Crippen molar-refractivity contribution >= 4 is 0 Å². The van der Waals surface area contributed by atoms with Crippen LogP contribution in [0.25, 0.3) is 0 Å². The second-order valence-electron chi connectivity index (χ2n) is 3.38. The predicted octanol–water partition coefficient (Wildman–Crippen LogP) is 3.01. The minimum atomic E-state index is 0.321. The molecule has 1 unspecified atom stereocenters. The smallest absolute Gasteiger partial charge is 0.119 e. The molecule has 0 N–H and O–H groups in total. The van der Waals surface area contributed by atoms with Gasteiger partial charge in [-0.05, 0) is 31.0 Å². The van der Waals surface area contributed by atoms with Gasteiger partial charge in [-0.1, -0.05) is 19.1 Å². The summed E-state index contributed by atoms with van der Waals surface area (Å²) in [5.41, 5.74) is 1.16. The maximum Gasteiger partial charge on any atom is 0.119 e. The molecule has 0 aromatic heterocycles. The molecule has 1 aromatic carbocycles. The van der Waals surface area contributed by atoms with E-state index in [1.54, 1.807) is 7.11 Å². The lowest BCUT2D eigenvalue weighted by molar-refractivity contribution is 0.0507. The van der Waals surface area contributed by atoms with Crippen molar-refractivity contribution < 1.29 is 9.47 Å². The third-order valence-electron chi connectivity index (χ3n) is 2.24. The van der Waals surface area contributed by atoms with Crippen molar-refractivity contribution in [3.05, 3.63) is 29.8 Å². The molecule has 0 aliphatic carbocycles. The average molecular weight is 194 g/mol. The maximum absolute atomic E-state index is 5.62. The van der Waals surface area contributed by atoms with E-state index in [0.29, 0.717) is 12.7 Å². The lowest BCUT2D eigenvalue weighted by Crippen LogP contribution is -2.05. The number of benzene rings is 1. The molecule has 0 aliphatic heterocycles. The van der Waals surface area contributed by atoms with E-state index in [4.69, 9.17) is 9.47 Å². The first-order valence-corrected chi connectivity index (χ1v) is 5.00. The van der Waals surface area contributed by atoms with Gasteiger partial charge in [0.15, 0.2) is 0 Å². The van der Waals surface area contributed by atoms with Gasteiger partial charge in [-0.15, -0.1) is 0 Å². The summed E-state index contributed by atoms with van der Waals surface area (Å²) in [6.07, 6.45) is 1.37. The summed E-state index contributed by atoms with van der Waals surface area (Å²) in [7, 11) is 1.68. The van der Waals surface area contributed by atoms with Gasteiger partial charge in [0.2, 0.25) is 0 Å². The van der Waals surface area contributed by atoms with E-state index >= 15 is 0 Å². The van der Waals surface area contributed by atoms with Crippen LogP contribution in [-0.4, -0.2) is 13.2 Å². The van der Waals surface area contributed by atoms with Crippen LogP contribution in [0.15, 0.2) is 24.3 Å². The molecule has 1 atom stereocenters. The lowest BCUT2D eigenvalue weighted by Gasteiger charge is -2.10. The van der Waals surface area contributed by atoms with Crippen molar-refractivity contribution in [3.8, 4) is 5.75 Å². The molecule has 78 valence electrons. The Hall–Kier alpha value is -1.02. The minimum Gasteiger partial charge on any atom is -0.497 e. The minimum absolute atomic E-state index is 0.321. The molecule has 0 amide bonds. The highest BCUT2D eigenvalue weighted by Crippen LogP contribution is 2.14. The Bertz CT molecular complexity index is 271. The van der Waals surface area contributed by atoms with Crippen molar-refractivity contribution in [2.24, 2.45) is 0 Å². The van der Waals surface area contributed by atoms with Crippen LogP contribution in [0, 0.1) is 0 Å². The number of hydrogen-bond donors (Lipinski definition) is 0. The van der Waals surface area contributed by atoms with E-state index in [-0.39, 0.29) is 0 Å². The molecule has 2 nitrogen and oxygen atoms in total. The van der Waals surface area contributed by atoms with Gasteiger partial charge in [0.25, 0.3) is 0 Å². The topological polar surface area (TPSA) is 18.5 Å². The van der Waals surface area contributed by atoms with Gasteiger partial charge in [-0.3, -0.25) is 0 Å². The van der Waals surface area contributed by atoms with E-state index in [9.17, 15) is 0 Å². The Kier molecular flexibility index (Phi) is 4.47. The van der Waals surface area contributed by atoms with E-state index < -0.39 is 0 Å². The van der Waals surface area contributed by atoms with Gasteiger partial charge < -0.3 is 9.47 Å². The summed E-state index contributed by atoms with van der Waals surface area (Å²) in [6.45, 7) is 4.86. The lowest BCUT2D eigenvalue weighted by atomic mass is 10.2. The summed E-state index contributed by atoms with van der Waals surface area (Å²) in [6, 6.07) is 7.97. The van der Waals surface area contributed by atoms with Crippen LogP contribution in [0.3, 0.4) is 0 Å². The summed E-state index contributed by atoms with van der Waals surface area (Å²) in [5.74, 6) is 0.884. The van der Waals surface area contributed by atoms with E-state index in [2.05, 4.69) is 13.8 Å². The molecule has 14 heavy (non-hydrogen) atoms. The molecular weight excluding hydrogens is 176 g/mol. The molecule has 0 spiro atoms. The Morgan fingerprint density at radius 3 is 2.79 bits per heavy atom. The summed E-state index contributed by atoms with van der Waals surface area (Å²) in [5, 5.41) is 0. The maximum atomic E-state index is 5.62. The second kappa shape index (κ2) is 5.66. The van der Waals surface area contributed by atoms with Gasteiger partial charge in [0.1, 0.15) is 5.75 Å². The summed E-state index contributed by atoms with van der Waals surface area (Å²) in [4.78, 5) is 0. The molecule has 0 fully saturated rings. The van der Waals surface area contributed by atoms with Gasteiger partial charge in [0, 0.05) is 0 Å². The molecule has 0 radical (unpaired) electrons. The second-order valence-corrected chi connectivity index (χ2v) is 3.38. The van der Waals surface area contributed by atoms with Crippen LogP contribution in [-0.2, 0) is 11.3 Å². The Labute approximate surface area is 85.8 Å². The number of ether oxygens (including phenoxy) is 2. The first-order chi connectivity index (χ1) is 6.76. The monoisotopic (exact) mass is 194 g/mol. The number of rotatable bonds is 5. The van der Waals surface area contributed by atoms with Crippen LogP contribution in [0.1, 0.15) is 25.8 Å². The SMILES string of the molecule is CCC(C)OCc1cccc(OC)c1. The quantitative estimate of drug-likeness (QED) is 0.717. The third kappa shape index (κ3) is 3.38. The number of methoxy groups -OCH3 is 1. The van der Waals surface area contributed by atoms with Gasteiger partial charge in [0.05, 0.1) is 19.8 Å². The Morgan fingerprint density at radius 2 is 2.14 bits per heavy atom. The fourth-order valence-electron chi connectivity index (χ4n) is 1.12. The zero-order valence-electron chi connectivity index (χ0n) is 9.12. The van der Waals surface area contributed by atoms with Gasteiger partial charge in [-0.2, -0.15) is 0 Å². The van der Waals surface area contributed by atoms with E-state index in [1.165, 1.54) is 0 Å². The summed E-state index contributed by atoms with van der Waals surface area (Å²) >= 11 is 0. The van der Waals surface area contributed by atoms with Crippen LogP contribution in [0.4, 0.5) is 0 Å². The highest BCUT2D eigenvalue weighted by Gasteiger charge is 2.00. The van der Waals surface area contributed by atoms with Gasteiger partial charge >= 0.3 is 0 Å². The van der Waals surface area contributed by atoms with Crippen LogP contribution in [0.5, 0.6) is 5.75 Å². The average Bonchev–Trinajstić information content (AvgIpc) is 2.26. The van der Waals surface area contributed by atoms with E-state index in [1.807, 2.05) is 24.3 Å². The first kappa shape index (κ1) is 11.1. The van der Waals surface area contributed by atoms with Gasteiger partial charge in [-0.25, -0.2) is 0 Å². The zero-order chi connectivity index (χ0) is 10.4. The number of hydrogen-bond acceptors (Lipinski definition) is 2. The molecule has 1 rings (SSSR count). The van der Waals surface area contributed by atoms with Crippen LogP contribution in [0.2, 0.25) is 0 Å². The van der Waals surface area contributed by atoms with E-state index in [0.717, 1.165) is 17.7 Å². The zero-order valence-corrected chi connectivity index (χ0v) is 9.12. The van der Waals surface area contributed by atoms with Crippen molar-refractivity contribution in [2.45, 2.75) is 33.0 Å². The first-order valence-electron chi connectivity index (χ1n) is 5.00. The Morgan fingerprint density at radius 1 is 1.36 bits per heavy atom. The molecule has 0 saturated heterocycles. The van der Waals surface area contributed by atoms with Crippen LogP contribution < -0.4 is 4.74 Å². The molecular formula is C12H18O2. The molecule has 1 aromatic rings. The highest BCUT2D eigenvalue weighted by atomic mass is 16.5. The Balaban J connectivity index is 2.50. The normalized spacial score (nSPS) is 12.5. The fourth-order valence-corrected chi connectivity index (χ4v) is 1.12. The molecule has 0 aliphatic rings. The largest absolute Gasteiger partial charge is 0.497 e. The van der Waals surface area contributed by atoms with Crippen molar-refractivity contribution in [3.63, 3.8) is 0 Å². The van der Waals surface area contributed by atoms with Crippen LogP contribution >= 0.6 is 0 Å². The van der Waals surface area contributed by atoms with Crippen molar-refractivity contribution in [1.82, 2.24) is 0 Å². The van der Waals surface area contributed by atoms with Crippen molar-refractivity contribution in [1.29, 1.82) is 0 Å². The highest BCUT2D eigenvalue weighted by molar-refractivity contribution is 5.27. The standard InChI is InChI=1S/C12H18O2/c1-4-10(2)14-9-11-6-5-7-12(8-11)13-3/h5-8,10H,4,9H2,1-3H3. The summed E-state index contributed by atoms with van der Waals surface area (Å²) < 4.78 is 10.8. The molecule has 0 heterocycles. The predicted molar refractivity (Wildman–Crippen MR) is 57.5 cm³/mol. The molecule has 0 saturated carbocycles. The van der Waals surface area contributed by atoms with Crippen molar-refractivity contribution in [2.75, 3.05) is 7.11 Å².